The van der Waals surface area contributed by atoms with Gasteiger partial charge in [0.25, 0.3) is 0 Å². The van der Waals surface area contributed by atoms with Crippen LogP contribution in [0.3, 0.4) is 0 Å². The van der Waals surface area contributed by atoms with E-state index in [1.165, 1.54) is 43.0 Å². The van der Waals surface area contributed by atoms with Gasteiger partial charge in [0.05, 0.1) is 5.56 Å². The second-order valence-electron chi connectivity index (χ2n) is 5.91. The van der Waals surface area contributed by atoms with Gasteiger partial charge < -0.3 is 10.4 Å². The maximum Gasteiger partial charge on any atom is 0.335 e. The number of carbonyl (C=O) groups excluding carboxylic acids is 1. The SMILES string of the molecule is CCCCCc1ccc(/C=C/C(=O)Nc2cccc(C(=O)O)c2)cc1. The molecule has 0 atom stereocenters. The van der Waals surface area contributed by atoms with Crippen LogP contribution in [0.25, 0.3) is 6.08 Å². The van der Waals surface area contributed by atoms with E-state index in [9.17, 15) is 9.59 Å². The van der Waals surface area contributed by atoms with Crippen LogP contribution < -0.4 is 5.32 Å². The van der Waals surface area contributed by atoms with E-state index in [1.807, 2.05) is 12.1 Å². The second-order valence-corrected chi connectivity index (χ2v) is 5.91. The lowest BCUT2D eigenvalue weighted by Crippen LogP contribution is -2.08. The molecule has 0 bridgehead atoms. The third-order valence-electron chi connectivity index (χ3n) is 3.85. The number of unbranched alkanes of at least 4 members (excludes halogenated alkanes) is 2. The molecular formula is C21H23NO3. The predicted octanol–water partition coefficient (Wildman–Crippen LogP) is 4.77. The Morgan fingerprint density at radius 2 is 1.84 bits per heavy atom. The molecule has 0 aliphatic heterocycles. The smallest absolute Gasteiger partial charge is 0.335 e. The van der Waals surface area contributed by atoms with Crippen molar-refractivity contribution in [1.82, 2.24) is 0 Å². The Balaban J connectivity index is 1.91. The van der Waals surface area contributed by atoms with Gasteiger partial charge in [0.1, 0.15) is 0 Å². The van der Waals surface area contributed by atoms with Crippen molar-refractivity contribution in [2.24, 2.45) is 0 Å². The molecule has 2 aromatic rings. The van der Waals surface area contributed by atoms with Gasteiger partial charge in [-0.05, 0) is 48.2 Å². The third-order valence-corrected chi connectivity index (χ3v) is 3.85. The second kappa shape index (κ2) is 9.42. The number of carbonyl (C=O) groups is 2. The van der Waals surface area contributed by atoms with Gasteiger partial charge in [-0.15, -0.1) is 0 Å². The van der Waals surface area contributed by atoms with Crippen molar-refractivity contribution in [3.8, 4) is 0 Å². The highest BCUT2D eigenvalue weighted by Gasteiger charge is 2.04. The molecule has 25 heavy (non-hydrogen) atoms. The fourth-order valence-electron chi connectivity index (χ4n) is 2.46. The van der Waals surface area contributed by atoms with Crippen molar-refractivity contribution in [1.29, 1.82) is 0 Å². The zero-order chi connectivity index (χ0) is 18.1. The summed E-state index contributed by atoms with van der Waals surface area (Å²) in [7, 11) is 0. The topological polar surface area (TPSA) is 66.4 Å². The van der Waals surface area contributed by atoms with E-state index in [4.69, 9.17) is 5.11 Å². The number of benzene rings is 2. The zero-order valence-electron chi connectivity index (χ0n) is 14.4. The Kier molecular flexibility index (Phi) is 6.96. The molecule has 1 amide bonds. The summed E-state index contributed by atoms with van der Waals surface area (Å²) >= 11 is 0. The average Bonchev–Trinajstić information content (AvgIpc) is 2.61. The summed E-state index contributed by atoms with van der Waals surface area (Å²) < 4.78 is 0. The Labute approximate surface area is 148 Å². The standard InChI is InChI=1S/C21H23NO3/c1-2-3-4-6-16-9-11-17(12-10-16)13-14-20(23)22-19-8-5-7-18(15-19)21(24)25/h5,7-15H,2-4,6H2,1H3,(H,22,23)(H,24,25)/b14-13+. The van der Waals surface area contributed by atoms with Crippen LogP contribution in [0.1, 0.15) is 47.7 Å². The first kappa shape index (κ1) is 18.5. The summed E-state index contributed by atoms with van der Waals surface area (Å²) in [5, 5.41) is 11.6. The van der Waals surface area contributed by atoms with Crippen LogP contribution in [0.5, 0.6) is 0 Å². The van der Waals surface area contributed by atoms with E-state index in [1.54, 1.807) is 18.2 Å². The number of amides is 1. The van der Waals surface area contributed by atoms with Gasteiger partial charge in [-0.1, -0.05) is 50.1 Å². The number of anilines is 1. The monoisotopic (exact) mass is 337 g/mol. The first-order valence-electron chi connectivity index (χ1n) is 8.50. The van der Waals surface area contributed by atoms with Crippen molar-refractivity contribution < 1.29 is 14.7 Å². The average molecular weight is 337 g/mol. The Hall–Kier alpha value is -2.88. The van der Waals surface area contributed by atoms with Crippen molar-refractivity contribution in [2.45, 2.75) is 32.6 Å². The number of hydrogen-bond donors (Lipinski definition) is 2. The molecule has 0 fully saturated rings. The van der Waals surface area contributed by atoms with Crippen LogP contribution in [0.4, 0.5) is 5.69 Å². The zero-order valence-corrected chi connectivity index (χ0v) is 14.4. The van der Waals surface area contributed by atoms with Crippen molar-refractivity contribution in [3.05, 3.63) is 71.3 Å². The highest BCUT2D eigenvalue weighted by atomic mass is 16.4. The summed E-state index contributed by atoms with van der Waals surface area (Å²) in [5.74, 6) is -1.32. The molecule has 4 heteroatoms. The van der Waals surface area contributed by atoms with E-state index >= 15 is 0 Å². The highest BCUT2D eigenvalue weighted by Crippen LogP contribution is 2.12. The minimum atomic E-state index is -1.02. The van der Waals surface area contributed by atoms with E-state index in [2.05, 4.69) is 24.4 Å². The number of carboxylic acids is 1. The summed E-state index contributed by atoms with van der Waals surface area (Å²) in [5.41, 5.74) is 2.86. The summed E-state index contributed by atoms with van der Waals surface area (Å²) in [6.07, 6.45) is 7.92. The molecule has 0 heterocycles. The van der Waals surface area contributed by atoms with E-state index < -0.39 is 5.97 Å². The van der Waals surface area contributed by atoms with Crippen LogP contribution in [0.2, 0.25) is 0 Å². The predicted molar refractivity (Wildman–Crippen MR) is 101 cm³/mol. The maximum atomic E-state index is 12.0. The molecular weight excluding hydrogens is 314 g/mol. The lowest BCUT2D eigenvalue weighted by molar-refractivity contribution is -0.111. The fraction of sp³-hybridized carbons (Fsp3) is 0.238. The van der Waals surface area contributed by atoms with E-state index in [0.29, 0.717) is 5.69 Å². The van der Waals surface area contributed by atoms with Gasteiger partial charge in [-0.3, -0.25) is 4.79 Å². The molecule has 0 aliphatic rings. The molecule has 0 radical (unpaired) electrons. The van der Waals surface area contributed by atoms with Gasteiger partial charge in [0, 0.05) is 11.8 Å². The van der Waals surface area contributed by atoms with E-state index in [-0.39, 0.29) is 11.5 Å². The first-order valence-corrected chi connectivity index (χ1v) is 8.50. The van der Waals surface area contributed by atoms with Crippen molar-refractivity contribution in [3.63, 3.8) is 0 Å². The molecule has 0 saturated carbocycles. The lowest BCUT2D eigenvalue weighted by Gasteiger charge is -2.03. The number of aryl methyl sites for hydroxylation is 1. The molecule has 2 N–H and O–H groups in total. The number of rotatable bonds is 8. The molecule has 0 spiro atoms. The number of aromatic carboxylic acids is 1. The van der Waals surface area contributed by atoms with E-state index in [0.717, 1.165) is 12.0 Å². The van der Waals surface area contributed by atoms with Crippen LogP contribution in [0.15, 0.2) is 54.6 Å². The molecule has 0 saturated heterocycles. The summed E-state index contributed by atoms with van der Waals surface area (Å²) in [6.45, 7) is 2.19. The Morgan fingerprint density at radius 1 is 1.08 bits per heavy atom. The lowest BCUT2D eigenvalue weighted by atomic mass is 10.1. The highest BCUT2D eigenvalue weighted by molar-refractivity contribution is 6.02. The molecule has 130 valence electrons. The van der Waals surface area contributed by atoms with Gasteiger partial charge in [0.2, 0.25) is 5.91 Å². The summed E-state index contributed by atoms with van der Waals surface area (Å²) in [6, 6.07) is 14.3. The van der Waals surface area contributed by atoms with Crippen LogP contribution in [-0.4, -0.2) is 17.0 Å². The quantitative estimate of drug-likeness (QED) is 0.538. The molecule has 2 rings (SSSR count). The number of carboxylic acid groups (broad SMARTS) is 1. The largest absolute Gasteiger partial charge is 0.478 e. The van der Waals surface area contributed by atoms with Crippen molar-refractivity contribution in [2.75, 3.05) is 5.32 Å². The van der Waals surface area contributed by atoms with Crippen molar-refractivity contribution >= 4 is 23.6 Å². The van der Waals surface area contributed by atoms with Crippen LogP contribution >= 0.6 is 0 Å². The van der Waals surface area contributed by atoms with Gasteiger partial charge in [-0.25, -0.2) is 4.79 Å². The molecule has 0 aromatic heterocycles. The van der Waals surface area contributed by atoms with Gasteiger partial charge >= 0.3 is 5.97 Å². The number of hydrogen-bond acceptors (Lipinski definition) is 2. The fourth-order valence-corrected chi connectivity index (χ4v) is 2.46. The third kappa shape index (κ3) is 6.26. The van der Waals surface area contributed by atoms with Crippen LogP contribution in [-0.2, 0) is 11.2 Å². The van der Waals surface area contributed by atoms with Crippen LogP contribution in [0, 0.1) is 0 Å². The number of nitrogens with one attached hydrogen (secondary N) is 1. The maximum absolute atomic E-state index is 12.0. The Bertz CT molecular complexity index is 748. The summed E-state index contributed by atoms with van der Waals surface area (Å²) in [4.78, 5) is 22.9. The van der Waals surface area contributed by atoms with Gasteiger partial charge in [-0.2, -0.15) is 0 Å². The first-order chi connectivity index (χ1) is 12.1. The van der Waals surface area contributed by atoms with Gasteiger partial charge in [0.15, 0.2) is 0 Å². The molecule has 0 aliphatic carbocycles. The normalized spacial score (nSPS) is 10.8. The molecule has 2 aromatic carbocycles. The molecule has 0 unspecified atom stereocenters. The Morgan fingerprint density at radius 3 is 2.52 bits per heavy atom. The molecule has 4 nitrogen and oxygen atoms in total. The minimum absolute atomic E-state index is 0.139. The minimum Gasteiger partial charge on any atom is -0.478 e.